The van der Waals surface area contributed by atoms with Crippen molar-refractivity contribution in [3.8, 4) is 0 Å². The highest BCUT2D eigenvalue weighted by Crippen LogP contribution is 2.17. The van der Waals surface area contributed by atoms with Gasteiger partial charge in [-0.2, -0.15) is 0 Å². The summed E-state index contributed by atoms with van der Waals surface area (Å²) in [5, 5.41) is 4.52. The Labute approximate surface area is 155 Å². The van der Waals surface area contributed by atoms with E-state index in [4.69, 9.17) is 0 Å². The lowest BCUT2D eigenvalue weighted by Crippen LogP contribution is -2.41. The fraction of sp³-hybridized carbons (Fsp3) is 0.235. The molecule has 25 heavy (non-hydrogen) atoms. The summed E-state index contributed by atoms with van der Waals surface area (Å²) in [7, 11) is 0. The summed E-state index contributed by atoms with van der Waals surface area (Å²) in [5.41, 5.74) is 0.384. The number of nitrogens with one attached hydrogen (secondary N) is 1. The van der Waals surface area contributed by atoms with Crippen molar-refractivity contribution < 1.29 is 4.79 Å². The largest absolute Gasteiger partial charge is 0.332 e. The van der Waals surface area contributed by atoms with Gasteiger partial charge in [-0.25, -0.2) is 4.79 Å². The van der Waals surface area contributed by atoms with Crippen molar-refractivity contribution in [3.05, 3.63) is 61.0 Å². The standard InChI is InChI=1S/C17H16BrN3O3S/c1-2-7-20-16(23)15-13(6-8-25-15)21(17(20)24)10-14(22)19-12-5-3-4-11(18)9-12/h3-6,8-9H,2,7,10H2,1H3,(H,19,22). The third kappa shape index (κ3) is 3.59. The van der Waals surface area contributed by atoms with Crippen LogP contribution in [0.1, 0.15) is 13.3 Å². The van der Waals surface area contributed by atoms with Crippen LogP contribution in [0.2, 0.25) is 0 Å². The first-order valence-corrected chi connectivity index (χ1v) is 9.44. The Kier molecular flexibility index (Phi) is 5.19. The van der Waals surface area contributed by atoms with E-state index in [1.165, 1.54) is 20.5 Å². The zero-order chi connectivity index (χ0) is 18.0. The molecule has 1 amide bonds. The van der Waals surface area contributed by atoms with Crippen LogP contribution >= 0.6 is 27.3 Å². The van der Waals surface area contributed by atoms with E-state index in [0.29, 0.717) is 28.9 Å². The van der Waals surface area contributed by atoms with Gasteiger partial charge >= 0.3 is 5.69 Å². The van der Waals surface area contributed by atoms with Crippen LogP contribution in [0.4, 0.5) is 5.69 Å². The van der Waals surface area contributed by atoms with Gasteiger partial charge in [-0.3, -0.25) is 18.7 Å². The third-order valence-corrected chi connectivity index (χ3v) is 5.08. The molecule has 0 spiro atoms. The Morgan fingerprint density at radius 2 is 2.04 bits per heavy atom. The highest BCUT2D eigenvalue weighted by atomic mass is 79.9. The minimum atomic E-state index is -0.456. The summed E-state index contributed by atoms with van der Waals surface area (Å²) < 4.78 is 3.89. The van der Waals surface area contributed by atoms with Gasteiger partial charge in [0.1, 0.15) is 11.2 Å². The number of amides is 1. The highest BCUT2D eigenvalue weighted by molar-refractivity contribution is 9.10. The molecule has 0 unspecified atom stereocenters. The van der Waals surface area contributed by atoms with Crippen LogP contribution in [-0.2, 0) is 17.9 Å². The lowest BCUT2D eigenvalue weighted by atomic mass is 10.3. The van der Waals surface area contributed by atoms with Crippen LogP contribution in [0.3, 0.4) is 0 Å². The predicted molar refractivity (Wildman–Crippen MR) is 103 cm³/mol. The number of thiophene rings is 1. The lowest BCUT2D eigenvalue weighted by Gasteiger charge is -2.12. The Hall–Kier alpha value is -2.19. The Bertz CT molecular complexity index is 1050. The van der Waals surface area contributed by atoms with E-state index in [1.54, 1.807) is 23.6 Å². The molecular weight excluding hydrogens is 406 g/mol. The first-order valence-electron chi connectivity index (χ1n) is 7.77. The quantitative estimate of drug-likeness (QED) is 0.687. The van der Waals surface area contributed by atoms with Crippen molar-refractivity contribution in [1.82, 2.24) is 9.13 Å². The molecule has 0 aliphatic rings. The van der Waals surface area contributed by atoms with Gasteiger partial charge < -0.3 is 5.32 Å². The van der Waals surface area contributed by atoms with E-state index >= 15 is 0 Å². The summed E-state index contributed by atoms with van der Waals surface area (Å²) in [6, 6.07) is 8.91. The molecule has 1 N–H and O–H groups in total. The molecule has 2 aromatic heterocycles. The fourth-order valence-corrected chi connectivity index (χ4v) is 3.86. The van der Waals surface area contributed by atoms with E-state index < -0.39 is 5.69 Å². The van der Waals surface area contributed by atoms with Crippen molar-refractivity contribution >= 4 is 49.1 Å². The Morgan fingerprint density at radius 3 is 2.76 bits per heavy atom. The molecule has 0 bridgehead atoms. The number of carbonyl (C=O) groups excluding carboxylic acids is 1. The van der Waals surface area contributed by atoms with Gasteiger partial charge in [0, 0.05) is 16.7 Å². The molecule has 0 atom stereocenters. The number of aromatic nitrogens is 2. The van der Waals surface area contributed by atoms with Crippen molar-refractivity contribution in [1.29, 1.82) is 0 Å². The number of halogens is 1. The monoisotopic (exact) mass is 421 g/mol. The number of fused-ring (bicyclic) bond motifs is 1. The molecule has 6 nitrogen and oxygen atoms in total. The average Bonchev–Trinajstić information content (AvgIpc) is 3.05. The van der Waals surface area contributed by atoms with Gasteiger partial charge in [-0.05, 0) is 36.1 Å². The maximum atomic E-state index is 12.7. The molecular formula is C17H16BrN3O3S. The van der Waals surface area contributed by atoms with Crippen LogP contribution in [0, 0.1) is 0 Å². The molecule has 0 saturated heterocycles. The Morgan fingerprint density at radius 1 is 1.24 bits per heavy atom. The summed E-state index contributed by atoms with van der Waals surface area (Å²) in [6.45, 7) is 2.08. The molecule has 0 aliphatic carbocycles. The SMILES string of the molecule is CCCn1c(=O)c2sccc2n(CC(=O)Nc2cccc(Br)c2)c1=O. The van der Waals surface area contributed by atoms with Crippen molar-refractivity contribution in [2.24, 2.45) is 0 Å². The number of rotatable bonds is 5. The second-order valence-electron chi connectivity index (χ2n) is 5.52. The van der Waals surface area contributed by atoms with E-state index in [-0.39, 0.29) is 18.0 Å². The van der Waals surface area contributed by atoms with Gasteiger partial charge in [-0.15, -0.1) is 11.3 Å². The number of carbonyl (C=O) groups is 1. The zero-order valence-electron chi connectivity index (χ0n) is 13.5. The fourth-order valence-electron chi connectivity index (χ4n) is 2.62. The van der Waals surface area contributed by atoms with Gasteiger partial charge in [0.25, 0.3) is 5.56 Å². The van der Waals surface area contributed by atoms with E-state index in [9.17, 15) is 14.4 Å². The molecule has 0 fully saturated rings. The smallest absolute Gasteiger partial charge is 0.324 e. The molecule has 130 valence electrons. The summed E-state index contributed by atoms with van der Waals surface area (Å²) in [6.07, 6.45) is 0.663. The summed E-state index contributed by atoms with van der Waals surface area (Å²) in [4.78, 5) is 37.5. The summed E-state index contributed by atoms with van der Waals surface area (Å²) >= 11 is 4.63. The number of hydrogen-bond donors (Lipinski definition) is 1. The maximum absolute atomic E-state index is 12.7. The van der Waals surface area contributed by atoms with E-state index in [1.807, 2.05) is 19.1 Å². The molecule has 0 aliphatic heterocycles. The molecule has 8 heteroatoms. The first kappa shape index (κ1) is 17.6. The number of benzene rings is 1. The van der Waals surface area contributed by atoms with Crippen molar-refractivity contribution in [2.75, 3.05) is 5.32 Å². The third-order valence-electron chi connectivity index (χ3n) is 3.69. The topological polar surface area (TPSA) is 73.1 Å². The Balaban J connectivity index is 1.98. The highest BCUT2D eigenvalue weighted by Gasteiger charge is 2.16. The van der Waals surface area contributed by atoms with Crippen LogP contribution in [0.5, 0.6) is 0 Å². The minimum absolute atomic E-state index is 0.150. The molecule has 1 aromatic carbocycles. The van der Waals surface area contributed by atoms with Crippen LogP contribution < -0.4 is 16.6 Å². The van der Waals surface area contributed by atoms with Crippen LogP contribution in [0.15, 0.2) is 49.8 Å². The predicted octanol–water partition coefficient (Wildman–Crippen LogP) is 3.04. The number of hydrogen-bond acceptors (Lipinski definition) is 4. The molecule has 3 aromatic rings. The van der Waals surface area contributed by atoms with Gasteiger partial charge in [0.15, 0.2) is 0 Å². The second-order valence-corrected chi connectivity index (χ2v) is 7.35. The molecule has 0 saturated carbocycles. The van der Waals surface area contributed by atoms with E-state index in [0.717, 1.165) is 4.47 Å². The van der Waals surface area contributed by atoms with Crippen LogP contribution in [-0.4, -0.2) is 15.0 Å². The second kappa shape index (κ2) is 7.37. The van der Waals surface area contributed by atoms with Crippen molar-refractivity contribution in [2.45, 2.75) is 26.4 Å². The zero-order valence-corrected chi connectivity index (χ0v) is 15.9. The van der Waals surface area contributed by atoms with Gasteiger partial charge in [-0.1, -0.05) is 28.9 Å². The van der Waals surface area contributed by atoms with E-state index in [2.05, 4.69) is 21.2 Å². The maximum Gasteiger partial charge on any atom is 0.332 e. The lowest BCUT2D eigenvalue weighted by molar-refractivity contribution is -0.116. The van der Waals surface area contributed by atoms with Crippen LogP contribution in [0.25, 0.3) is 10.2 Å². The summed E-state index contributed by atoms with van der Waals surface area (Å²) in [5.74, 6) is -0.325. The van der Waals surface area contributed by atoms with Crippen molar-refractivity contribution in [3.63, 3.8) is 0 Å². The number of anilines is 1. The number of nitrogens with zero attached hydrogens (tertiary/aromatic N) is 2. The first-order chi connectivity index (χ1) is 12.0. The average molecular weight is 422 g/mol. The van der Waals surface area contributed by atoms with Gasteiger partial charge in [0.2, 0.25) is 5.91 Å². The normalized spacial score (nSPS) is 11.0. The molecule has 3 rings (SSSR count). The van der Waals surface area contributed by atoms with Gasteiger partial charge in [0.05, 0.1) is 5.52 Å². The molecule has 0 radical (unpaired) electrons. The minimum Gasteiger partial charge on any atom is -0.324 e. The molecule has 2 heterocycles.